The fourth-order valence-electron chi connectivity index (χ4n) is 1.83. The molecule has 0 radical (unpaired) electrons. The molecule has 1 fully saturated rings. The van der Waals surface area contributed by atoms with Crippen molar-refractivity contribution in [3.05, 3.63) is 0 Å². The lowest BCUT2D eigenvalue weighted by Gasteiger charge is -2.31. The second-order valence-corrected chi connectivity index (χ2v) is 4.57. The van der Waals surface area contributed by atoms with E-state index in [0.717, 1.165) is 19.5 Å². The zero-order valence-electron chi connectivity index (χ0n) is 10.0. The van der Waals surface area contributed by atoms with Crippen molar-refractivity contribution in [3.8, 4) is 0 Å². The summed E-state index contributed by atoms with van der Waals surface area (Å²) in [6.45, 7) is 6.76. The first-order chi connectivity index (χ1) is 7.13. The molecule has 1 aliphatic rings. The molecule has 2 atom stereocenters. The van der Waals surface area contributed by atoms with Crippen LogP contribution < -0.4 is 10.6 Å². The number of nitrogens with zero attached hydrogens (tertiary/aromatic N) is 1. The number of urea groups is 1. The van der Waals surface area contributed by atoms with E-state index in [1.807, 2.05) is 11.9 Å². The SMILES string of the molecule is CNC(C)CNC(=O)N1CCCC(C)C1. The Kier molecular flexibility index (Phi) is 4.88. The second kappa shape index (κ2) is 5.95. The number of rotatable bonds is 3. The van der Waals surface area contributed by atoms with Gasteiger partial charge in [0.15, 0.2) is 0 Å². The van der Waals surface area contributed by atoms with Crippen LogP contribution in [0.3, 0.4) is 0 Å². The molecule has 1 rings (SSSR count). The van der Waals surface area contributed by atoms with E-state index in [1.54, 1.807) is 0 Å². The van der Waals surface area contributed by atoms with Crippen LogP contribution in [-0.4, -0.2) is 43.7 Å². The molecule has 15 heavy (non-hydrogen) atoms. The molecule has 2 unspecified atom stereocenters. The lowest BCUT2D eigenvalue weighted by atomic mass is 10.0. The van der Waals surface area contributed by atoms with E-state index in [2.05, 4.69) is 24.5 Å². The minimum absolute atomic E-state index is 0.0867. The van der Waals surface area contributed by atoms with Crippen molar-refractivity contribution < 1.29 is 4.79 Å². The molecule has 1 saturated heterocycles. The van der Waals surface area contributed by atoms with E-state index in [0.29, 0.717) is 18.5 Å². The van der Waals surface area contributed by atoms with Gasteiger partial charge in [-0.2, -0.15) is 0 Å². The smallest absolute Gasteiger partial charge is 0.317 e. The first-order valence-corrected chi connectivity index (χ1v) is 5.83. The maximum absolute atomic E-state index is 11.8. The van der Waals surface area contributed by atoms with Crippen LogP contribution in [0.15, 0.2) is 0 Å². The molecule has 0 aromatic heterocycles. The summed E-state index contributed by atoms with van der Waals surface area (Å²) in [7, 11) is 1.90. The first-order valence-electron chi connectivity index (χ1n) is 5.83. The van der Waals surface area contributed by atoms with Crippen LogP contribution in [0.5, 0.6) is 0 Å². The molecule has 2 amide bonds. The van der Waals surface area contributed by atoms with Crippen molar-refractivity contribution in [2.75, 3.05) is 26.7 Å². The predicted molar refractivity (Wildman–Crippen MR) is 61.9 cm³/mol. The molecule has 4 heteroatoms. The first kappa shape index (κ1) is 12.3. The zero-order chi connectivity index (χ0) is 11.3. The number of likely N-dealkylation sites (tertiary alicyclic amines) is 1. The largest absolute Gasteiger partial charge is 0.336 e. The molecular formula is C11H23N3O. The third-order valence-corrected chi connectivity index (χ3v) is 3.00. The number of carbonyl (C=O) groups excluding carboxylic acids is 1. The molecule has 1 heterocycles. The van der Waals surface area contributed by atoms with E-state index in [4.69, 9.17) is 0 Å². The highest BCUT2D eigenvalue weighted by atomic mass is 16.2. The van der Waals surface area contributed by atoms with Gasteiger partial charge in [0.05, 0.1) is 0 Å². The number of hydrogen-bond donors (Lipinski definition) is 2. The van der Waals surface area contributed by atoms with Crippen LogP contribution in [0.4, 0.5) is 4.79 Å². The van der Waals surface area contributed by atoms with Crippen LogP contribution >= 0.6 is 0 Å². The summed E-state index contributed by atoms with van der Waals surface area (Å²) in [5.74, 6) is 0.645. The molecule has 2 N–H and O–H groups in total. The number of amides is 2. The number of nitrogens with one attached hydrogen (secondary N) is 2. The minimum atomic E-state index is 0.0867. The minimum Gasteiger partial charge on any atom is -0.336 e. The van der Waals surface area contributed by atoms with Crippen molar-refractivity contribution in [3.63, 3.8) is 0 Å². The number of hydrogen-bond acceptors (Lipinski definition) is 2. The lowest BCUT2D eigenvalue weighted by Crippen LogP contribution is -2.47. The van der Waals surface area contributed by atoms with Crippen molar-refractivity contribution in [2.24, 2.45) is 5.92 Å². The Balaban J connectivity index is 2.26. The predicted octanol–water partition coefficient (Wildman–Crippen LogP) is 1.04. The van der Waals surface area contributed by atoms with Crippen LogP contribution in [0, 0.1) is 5.92 Å². The van der Waals surface area contributed by atoms with Crippen LogP contribution in [0.2, 0.25) is 0 Å². The molecular weight excluding hydrogens is 190 g/mol. The lowest BCUT2D eigenvalue weighted by molar-refractivity contribution is 0.169. The molecule has 0 spiro atoms. The van der Waals surface area contributed by atoms with Crippen LogP contribution in [0.1, 0.15) is 26.7 Å². The normalized spacial score (nSPS) is 23.7. The summed E-state index contributed by atoms with van der Waals surface area (Å²) >= 11 is 0. The van der Waals surface area contributed by atoms with Gasteiger partial charge >= 0.3 is 6.03 Å². The highest BCUT2D eigenvalue weighted by molar-refractivity contribution is 5.74. The van der Waals surface area contributed by atoms with Gasteiger partial charge < -0.3 is 15.5 Å². The van der Waals surface area contributed by atoms with E-state index in [-0.39, 0.29) is 6.03 Å². The Morgan fingerprint density at radius 1 is 1.60 bits per heavy atom. The van der Waals surface area contributed by atoms with E-state index in [1.165, 1.54) is 6.42 Å². The molecule has 1 aliphatic heterocycles. The average molecular weight is 213 g/mol. The Morgan fingerprint density at radius 3 is 2.93 bits per heavy atom. The standard InChI is InChI=1S/C11H23N3O/c1-9-5-4-6-14(8-9)11(15)13-7-10(2)12-3/h9-10,12H,4-8H2,1-3H3,(H,13,15). The maximum Gasteiger partial charge on any atom is 0.317 e. The summed E-state index contributed by atoms with van der Waals surface area (Å²) in [4.78, 5) is 13.7. The van der Waals surface area contributed by atoms with E-state index < -0.39 is 0 Å². The highest BCUT2D eigenvalue weighted by Crippen LogP contribution is 2.14. The third kappa shape index (κ3) is 4.08. The fraction of sp³-hybridized carbons (Fsp3) is 0.909. The van der Waals surface area contributed by atoms with Gasteiger partial charge in [-0.05, 0) is 32.7 Å². The van der Waals surface area contributed by atoms with Gasteiger partial charge in [0.25, 0.3) is 0 Å². The van der Waals surface area contributed by atoms with Crippen LogP contribution in [0.25, 0.3) is 0 Å². The Labute approximate surface area is 92.4 Å². The quantitative estimate of drug-likeness (QED) is 0.735. The summed E-state index contributed by atoms with van der Waals surface area (Å²) < 4.78 is 0. The summed E-state index contributed by atoms with van der Waals surface area (Å²) in [6.07, 6.45) is 2.38. The summed E-state index contributed by atoms with van der Waals surface area (Å²) in [6, 6.07) is 0.416. The zero-order valence-corrected chi connectivity index (χ0v) is 10.0. The Hall–Kier alpha value is -0.770. The van der Waals surface area contributed by atoms with Gasteiger partial charge in [-0.15, -0.1) is 0 Å². The van der Waals surface area contributed by atoms with Crippen molar-refractivity contribution in [1.29, 1.82) is 0 Å². The molecule has 0 aliphatic carbocycles. The fourth-order valence-corrected chi connectivity index (χ4v) is 1.83. The van der Waals surface area contributed by atoms with Gasteiger partial charge in [-0.25, -0.2) is 4.79 Å². The number of piperidine rings is 1. The average Bonchev–Trinajstić information content (AvgIpc) is 2.25. The molecule has 0 bridgehead atoms. The van der Waals surface area contributed by atoms with Gasteiger partial charge in [0.2, 0.25) is 0 Å². The van der Waals surface area contributed by atoms with Crippen molar-refractivity contribution in [2.45, 2.75) is 32.7 Å². The second-order valence-electron chi connectivity index (χ2n) is 4.57. The van der Waals surface area contributed by atoms with E-state index >= 15 is 0 Å². The summed E-state index contributed by atoms with van der Waals surface area (Å²) in [5, 5.41) is 6.05. The molecule has 0 aromatic rings. The number of likely N-dealkylation sites (N-methyl/N-ethyl adjacent to an activating group) is 1. The van der Waals surface area contributed by atoms with E-state index in [9.17, 15) is 4.79 Å². The van der Waals surface area contributed by atoms with Crippen molar-refractivity contribution in [1.82, 2.24) is 15.5 Å². The third-order valence-electron chi connectivity index (χ3n) is 3.00. The Bertz CT molecular complexity index is 208. The Morgan fingerprint density at radius 2 is 2.33 bits per heavy atom. The monoisotopic (exact) mass is 213 g/mol. The van der Waals surface area contributed by atoms with Gasteiger partial charge in [0.1, 0.15) is 0 Å². The van der Waals surface area contributed by atoms with Crippen molar-refractivity contribution >= 4 is 6.03 Å². The maximum atomic E-state index is 11.8. The molecule has 88 valence electrons. The topological polar surface area (TPSA) is 44.4 Å². The van der Waals surface area contributed by atoms with Gasteiger partial charge in [-0.1, -0.05) is 6.92 Å². The molecule has 4 nitrogen and oxygen atoms in total. The molecule has 0 aromatic carbocycles. The molecule has 0 saturated carbocycles. The highest BCUT2D eigenvalue weighted by Gasteiger charge is 2.20. The van der Waals surface area contributed by atoms with Gasteiger partial charge in [-0.3, -0.25) is 0 Å². The number of carbonyl (C=O) groups is 1. The van der Waals surface area contributed by atoms with Crippen LogP contribution in [-0.2, 0) is 0 Å². The summed E-state index contributed by atoms with van der Waals surface area (Å²) in [5.41, 5.74) is 0. The van der Waals surface area contributed by atoms with Gasteiger partial charge in [0, 0.05) is 25.7 Å².